The molecule has 4 rings (SSSR count). The van der Waals surface area contributed by atoms with Crippen molar-refractivity contribution >= 4 is 28.5 Å². The summed E-state index contributed by atoms with van der Waals surface area (Å²) < 4.78 is 10.7. The number of hydrogen-bond donors (Lipinski definition) is 2. The summed E-state index contributed by atoms with van der Waals surface area (Å²) in [6.45, 7) is 0.209. The van der Waals surface area contributed by atoms with Crippen molar-refractivity contribution in [2.75, 3.05) is 12.1 Å². The number of nitrogens with two attached hydrogens (primary N) is 1. The first-order valence-corrected chi connectivity index (χ1v) is 9.15. The summed E-state index contributed by atoms with van der Waals surface area (Å²) in [4.78, 5) is 16.1. The third kappa shape index (κ3) is 3.39. The van der Waals surface area contributed by atoms with Crippen molar-refractivity contribution in [1.82, 2.24) is 4.98 Å². The molecule has 7 nitrogen and oxygen atoms in total. The first-order valence-electron chi connectivity index (χ1n) is 8.27. The minimum Gasteiger partial charge on any atom is -0.454 e. The van der Waals surface area contributed by atoms with Crippen LogP contribution in [0.4, 0.5) is 5.69 Å². The van der Waals surface area contributed by atoms with Crippen LogP contribution < -0.4 is 20.5 Å². The molecule has 2 heterocycles. The number of nitrogens with one attached hydrogen (secondary N) is 1. The summed E-state index contributed by atoms with van der Waals surface area (Å²) >= 11 is 1.35. The van der Waals surface area contributed by atoms with Crippen LogP contribution in [-0.4, -0.2) is 17.7 Å². The van der Waals surface area contributed by atoms with Crippen LogP contribution >= 0.6 is 11.3 Å². The van der Waals surface area contributed by atoms with Gasteiger partial charge in [-0.1, -0.05) is 12.1 Å². The molecule has 0 saturated carbocycles. The Bertz CT molecular complexity index is 1130. The number of aromatic nitrogens is 1. The van der Waals surface area contributed by atoms with Gasteiger partial charge in [0.25, 0.3) is 5.91 Å². The summed E-state index contributed by atoms with van der Waals surface area (Å²) in [6.07, 6.45) is 1.52. The highest BCUT2D eigenvalue weighted by atomic mass is 32.1. The number of carbonyl (C=O) groups excluding carboxylic acids is 1. The van der Waals surface area contributed by atoms with E-state index in [4.69, 9.17) is 15.2 Å². The molecular weight excluding hydrogens is 376 g/mol. The molecule has 0 unspecified atom stereocenters. The van der Waals surface area contributed by atoms with E-state index in [2.05, 4.69) is 16.4 Å². The fraction of sp³-hybridized carbons (Fsp3) is 0.0500. The van der Waals surface area contributed by atoms with Gasteiger partial charge in [0.1, 0.15) is 16.6 Å². The highest BCUT2D eigenvalue weighted by Crippen LogP contribution is 2.36. The van der Waals surface area contributed by atoms with Crippen molar-refractivity contribution in [3.05, 3.63) is 64.6 Å². The number of rotatable bonds is 5. The average Bonchev–Trinajstić information content (AvgIpc) is 3.37. The quantitative estimate of drug-likeness (QED) is 0.644. The van der Waals surface area contributed by atoms with Crippen LogP contribution in [0.5, 0.6) is 11.5 Å². The van der Waals surface area contributed by atoms with Crippen molar-refractivity contribution < 1.29 is 14.3 Å². The lowest BCUT2D eigenvalue weighted by Crippen LogP contribution is -2.13. The van der Waals surface area contributed by atoms with Crippen LogP contribution in [0.1, 0.15) is 15.4 Å². The lowest BCUT2D eigenvalue weighted by molar-refractivity contribution is 0.100. The normalized spacial score (nSPS) is 12.5. The van der Waals surface area contributed by atoms with E-state index < -0.39 is 5.91 Å². The number of benzene rings is 2. The SMILES string of the molecule is N#C/C(=C\Nc1ccccc1C(N)=O)c1nc(-c2ccc3c(c2)OCO3)cs1. The van der Waals surface area contributed by atoms with Gasteiger partial charge in [0.05, 0.1) is 16.9 Å². The molecule has 0 bridgehead atoms. The topological polar surface area (TPSA) is 110 Å². The molecule has 3 N–H and O–H groups in total. The zero-order valence-electron chi connectivity index (χ0n) is 14.5. The summed E-state index contributed by atoms with van der Waals surface area (Å²) in [5.41, 5.74) is 8.19. The smallest absolute Gasteiger partial charge is 0.250 e. The van der Waals surface area contributed by atoms with Gasteiger partial charge in [-0.3, -0.25) is 4.79 Å². The molecule has 1 aliphatic rings. The van der Waals surface area contributed by atoms with E-state index >= 15 is 0 Å². The van der Waals surface area contributed by atoms with Crippen LogP contribution in [0.2, 0.25) is 0 Å². The summed E-state index contributed by atoms with van der Waals surface area (Å²) in [6, 6.07) is 14.5. The van der Waals surface area contributed by atoms with E-state index in [0.717, 1.165) is 11.3 Å². The zero-order chi connectivity index (χ0) is 19.5. The Morgan fingerprint density at radius 3 is 2.89 bits per heavy atom. The minimum atomic E-state index is -0.547. The van der Waals surface area contributed by atoms with E-state index in [1.165, 1.54) is 17.5 Å². The Kier molecular flexibility index (Phi) is 4.66. The van der Waals surface area contributed by atoms with Crippen molar-refractivity contribution in [3.63, 3.8) is 0 Å². The first-order chi connectivity index (χ1) is 13.7. The number of fused-ring (bicyclic) bond motifs is 1. The molecule has 8 heteroatoms. The van der Waals surface area contributed by atoms with Gasteiger partial charge in [-0.05, 0) is 30.3 Å². The number of thiazole rings is 1. The Morgan fingerprint density at radius 1 is 1.25 bits per heavy atom. The molecule has 0 spiro atoms. The number of nitrogens with zero attached hydrogens (tertiary/aromatic N) is 2. The van der Waals surface area contributed by atoms with E-state index in [1.54, 1.807) is 24.3 Å². The number of nitriles is 1. The maximum absolute atomic E-state index is 11.5. The highest BCUT2D eigenvalue weighted by Gasteiger charge is 2.16. The fourth-order valence-corrected chi connectivity index (χ4v) is 3.50. The number of primary amides is 1. The van der Waals surface area contributed by atoms with Gasteiger partial charge in [0.2, 0.25) is 6.79 Å². The predicted molar refractivity (Wildman–Crippen MR) is 106 cm³/mol. The zero-order valence-corrected chi connectivity index (χ0v) is 15.3. The van der Waals surface area contributed by atoms with Crippen molar-refractivity contribution in [2.45, 2.75) is 0 Å². The standard InChI is InChI=1S/C20H14N4O3S/c21-8-13(9-23-15-4-2-1-3-14(15)19(22)25)20-24-16(10-28-20)12-5-6-17-18(7-12)27-11-26-17/h1-7,9-10,23H,11H2,(H2,22,25)/b13-9+. The number of carbonyl (C=O) groups is 1. The minimum absolute atomic E-state index is 0.209. The Labute approximate surface area is 164 Å². The van der Waals surface area contributed by atoms with Gasteiger partial charge in [-0.15, -0.1) is 11.3 Å². The molecule has 3 aromatic rings. The molecule has 28 heavy (non-hydrogen) atoms. The van der Waals surface area contributed by atoms with Crippen LogP contribution in [-0.2, 0) is 0 Å². The molecule has 0 radical (unpaired) electrons. The van der Waals surface area contributed by atoms with Gasteiger partial charge in [0.15, 0.2) is 11.5 Å². The van der Waals surface area contributed by atoms with Gasteiger partial charge in [-0.2, -0.15) is 5.26 Å². The third-order valence-corrected chi connectivity index (χ3v) is 4.96. The largest absolute Gasteiger partial charge is 0.454 e. The number of amides is 1. The molecule has 1 aliphatic heterocycles. The molecule has 138 valence electrons. The van der Waals surface area contributed by atoms with Crippen LogP contribution in [0, 0.1) is 11.3 Å². The molecule has 2 aromatic carbocycles. The molecule has 0 atom stereocenters. The van der Waals surface area contributed by atoms with Crippen molar-refractivity contribution in [2.24, 2.45) is 5.73 Å². The van der Waals surface area contributed by atoms with E-state index in [-0.39, 0.29) is 6.79 Å². The lowest BCUT2D eigenvalue weighted by atomic mass is 10.1. The fourth-order valence-electron chi connectivity index (χ4n) is 2.70. The molecule has 0 saturated heterocycles. The molecule has 1 amide bonds. The number of hydrogen-bond acceptors (Lipinski definition) is 7. The van der Waals surface area contributed by atoms with Crippen molar-refractivity contribution in [1.29, 1.82) is 5.26 Å². The van der Waals surface area contributed by atoms with Gasteiger partial charge in [-0.25, -0.2) is 4.98 Å². The number of ether oxygens (including phenoxy) is 2. The van der Waals surface area contributed by atoms with Crippen LogP contribution in [0.25, 0.3) is 16.8 Å². The Hall–Kier alpha value is -3.83. The maximum atomic E-state index is 11.5. The predicted octanol–water partition coefficient (Wildman–Crippen LogP) is 3.61. The van der Waals surface area contributed by atoms with Gasteiger partial charge < -0.3 is 20.5 Å². The molecule has 0 fully saturated rings. The summed E-state index contributed by atoms with van der Waals surface area (Å²) in [5, 5.41) is 14.9. The molecular formula is C20H14N4O3S. The Balaban J connectivity index is 1.59. The van der Waals surface area contributed by atoms with Gasteiger partial charge in [0, 0.05) is 17.1 Å². The number of para-hydroxylation sites is 1. The number of allylic oxidation sites excluding steroid dienone is 1. The lowest BCUT2D eigenvalue weighted by Gasteiger charge is -2.06. The first kappa shape index (κ1) is 17.6. The summed E-state index contributed by atoms with van der Waals surface area (Å²) in [7, 11) is 0. The molecule has 0 aliphatic carbocycles. The second kappa shape index (κ2) is 7.42. The molecule has 1 aromatic heterocycles. The van der Waals surface area contributed by atoms with Crippen molar-refractivity contribution in [3.8, 4) is 28.8 Å². The summed E-state index contributed by atoms with van der Waals surface area (Å²) in [5.74, 6) is 0.830. The highest BCUT2D eigenvalue weighted by molar-refractivity contribution is 7.11. The second-order valence-corrected chi connectivity index (χ2v) is 6.69. The third-order valence-electron chi connectivity index (χ3n) is 4.09. The van der Waals surface area contributed by atoms with E-state index in [1.807, 2.05) is 23.6 Å². The number of anilines is 1. The maximum Gasteiger partial charge on any atom is 0.250 e. The average molecular weight is 390 g/mol. The van der Waals surface area contributed by atoms with Crippen LogP contribution in [0.15, 0.2) is 54.0 Å². The van der Waals surface area contributed by atoms with Gasteiger partial charge >= 0.3 is 0 Å². The monoisotopic (exact) mass is 390 g/mol. The van der Waals surface area contributed by atoms with Crippen LogP contribution in [0.3, 0.4) is 0 Å². The van der Waals surface area contributed by atoms with E-state index in [0.29, 0.717) is 33.3 Å². The second-order valence-electron chi connectivity index (χ2n) is 5.83. The van der Waals surface area contributed by atoms with E-state index in [9.17, 15) is 10.1 Å². The Morgan fingerprint density at radius 2 is 2.07 bits per heavy atom.